The van der Waals surface area contributed by atoms with E-state index < -0.39 is 0 Å². The molecule has 0 fully saturated rings. The number of imidazole rings is 1. The van der Waals surface area contributed by atoms with Gasteiger partial charge in [0.1, 0.15) is 0 Å². The molecule has 1 aromatic carbocycles. The molecule has 1 aliphatic heterocycles. The molecule has 3 heterocycles. The number of rotatable bonds is 6. The molecule has 1 aliphatic rings. The maximum atomic E-state index is 12.8. The van der Waals surface area contributed by atoms with E-state index in [2.05, 4.69) is 20.7 Å². The minimum atomic E-state index is -0.133. The van der Waals surface area contributed by atoms with Gasteiger partial charge in [-0.15, -0.1) is 0 Å². The van der Waals surface area contributed by atoms with Crippen molar-refractivity contribution in [3.05, 3.63) is 72.1 Å². The van der Waals surface area contributed by atoms with Crippen LogP contribution in [0.15, 0.2) is 55.1 Å². The molecule has 1 atom stereocenters. The van der Waals surface area contributed by atoms with E-state index in [1.807, 2.05) is 51.8 Å². The average molecular weight is 350 g/mol. The summed E-state index contributed by atoms with van der Waals surface area (Å²) in [4.78, 5) is 16.9. The number of aromatic nitrogens is 4. The van der Waals surface area contributed by atoms with Crippen molar-refractivity contribution in [1.29, 1.82) is 0 Å². The van der Waals surface area contributed by atoms with Gasteiger partial charge in [-0.2, -0.15) is 5.10 Å². The van der Waals surface area contributed by atoms with E-state index in [0.29, 0.717) is 5.69 Å². The zero-order chi connectivity index (χ0) is 17.8. The van der Waals surface area contributed by atoms with Crippen molar-refractivity contribution >= 4 is 5.91 Å². The van der Waals surface area contributed by atoms with E-state index in [1.165, 1.54) is 0 Å². The van der Waals surface area contributed by atoms with E-state index in [0.717, 1.165) is 43.9 Å². The number of nitrogens with zero attached hydrogens (tertiary/aromatic N) is 4. The van der Waals surface area contributed by atoms with E-state index in [4.69, 9.17) is 0 Å². The molecule has 7 nitrogen and oxygen atoms in total. The van der Waals surface area contributed by atoms with Crippen LogP contribution in [0.3, 0.4) is 0 Å². The molecule has 1 amide bonds. The van der Waals surface area contributed by atoms with Crippen LogP contribution in [0, 0.1) is 0 Å². The van der Waals surface area contributed by atoms with Gasteiger partial charge >= 0.3 is 0 Å². The first kappa shape index (κ1) is 16.5. The van der Waals surface area contributed by atoms with Crippen molar-refractivity contribution in [3.8, 4) is 0 Å². The minimum absolute atomic E-state index is 0.0806. The summed E-state index contributed by atoms with van der Waals surface area (Å²) in [6.45, 7) is 3.21. The number of carbonyl (C=O) groups excluding carboxylic acids is 1. The van der Waals surface area contributed by atoms with Gasteiger partial charge < -0.3 is 15.2 Å². The molecule has 2 aromatic heterocycles. The standard InChI is InChI=1S/C19H22N6O/c26-19(18-12-16-13-20-8-11-25(16)23-18)22-17(15-4-2-1-3-5-15)6-9-24-10-7-21-14-24/h1-5,7,10,12,14,17,20H,6,8-9,11,13H2,(H,22,26)/t17-/m0/s1. The second-order valence-corrected chi connectivity index (χ2v) is 6.45. The zero-order valence-corrected chi connectivity index (χ0v) is 14.5. The summed E-state index contributed by atoms with van der Waals surface area (Å²) >= 11 is 0. The van der Waals surface area contributed by atoms with Gasteiger partial charge in [0.15, 0.2) is 5.69 Å². The van der Waals surface area contributed by atoms with Gasteiger partial charge in [-0.25, -0.2) is 4.98 Å². The predicted octanol–water partition coefficient (Wildman–Crippen LogP) is 1.74. The third-order valence-corrected chi connectivity index (χ3v) is 4.64. The number of aryl methyl sites for hydroxylation is 1. The highest BCUT2D eigenvalue weighted by Crippen LogP contribution is 2.19. The van der Waals surface area contributed by atoms with Crippen LogP contribution in [0.4, 0.5) is 0 Å². The first-order valence-electron chi connectivity index (χ1n) is 8.88. The van der Waals surface area contributed by atoms with Crippen LogP contribution in [0.2, 0.25) is 0 Å². The Morgan fingerprint density at radius 3 is 2.96 bits per heavy atom. The van der Waals surface area contributed by atoms with Gasteiger partial charge in [0.2, 0.25) is 0 Å². The Bertz CT molecular complexity index is 832. The fraction of sp³-hybridized carbons (Fsp3) is 0.316. The van der Waals surface area contributed by atoms with Crippen LogP contribution in [0.1, 0.15) is 34.2 Å². The van der Waals surface area contributed by atoms with Gasteiger partial charge in [0.25, 0.3) is 5.91 Å². The van der Waals surface area contributed by atoms with Gasteiger partial charge in [-0.3, -0.25) is 9.48 Å². The number of hydrogen-bond acceptors (Lipinski definition) is 4. The van der Waals surface area contributed by atoms with Gasteiger partial charge in [-0.1, -0.05) is 30.3 Å². The van der Waals surface area contributed by atoms with Crippen LogP contribution < -0.4 is 10.6 Å². The minimum Gasteiger partial charge on any atom is -0.344 e. The van der Waals surface area contributed by atoms with E-state index >= 15 is 0 Å². The van der Waals surface area contributed by atoms with Crippen molar-refractivity contribution < 1.29 is 4.79 Å². The maximum absolute atomic E-state index is 12.8. The van der Waals surface area contributed by atoms with Gasteiger partial charge in [0, 0.05) is 32.0 Å². The molecular weight excluding hydrogens is 328 g/mol. The largest absolute Gasteiger partial charge is 0.344 e. The molecule has 0 spiro atoms. The molecular formula is C19H22N6O. The quantitative estimate of drug-likeness (QED) is 0.710. The Hall–Kier alpha value is -2.93. The van der Waals surface area contributed by atoms with Crippen LogP contribution >= 0.6 is 0 Å². The Morgan fingerprint density at radius 1 is 1.31 bits per heavy atom. The molecule has 134 valence electrons. The summed E-state index contributed by atoms with van der Waals surface area (Å²) in [6, 6.07) is 11.8. The lowest BCUT2D eigenvalue weighted by molar-refractivity contribution is 0.0927. The highest BCUT2D eigenvalue weighted by molar-refractivity contribution is 5.92. The molecule has 26 heavy (non-hydrogen) atoms. The second kappa shape index (κ2) is 7.53. The Kier molecular flexibility index (Phi) is 4.79. The molecule has 0 aliphatic carbocycles. The van der Waals surface area contributed by atoms with Crippen LogP contribution in [0.5, 0.6) is 0 Å². The molecule has 7 heteroatoms. The fourth-order valence-corrected chi connectivity index (χ4v) is 3.24. The number of hydrogen-bond donors (Lipinski definition) is 2. The predicted molar refractivity (Wildman–Crippen MR) is 97.4 cm³/mol. The SMILES string of the molecule is O=C(N[C@@H](CCn1ccnc1)c1ccccc1)c1cc2n(n1)CCNC2. The summed E-state index contributed by atoms with van der Waals surface area (Å²) in [6.07, 6.45) is 6.27. The first-order chi connectivity index (χ1) is 12.8. The molecule has 3 aromatic rings. The fourth-order valence-electron chi connectivity index (χ4n) is 3.24. The van der Waals surface area contributed by atoms with Crippen LogP contribution in [0.25, 0.3) is 0 Å². The number of benzene rings is 1. The number of carbonyl (C=O) groups is 1. The average Bonchev–Trinajstić information content (AvgIpc) is 3.35. The summed E-state index contributed by atoms with van der Waals surface area (Å²) < 4.78 is 3.93. The highest BCUT2D eigenvalue weighted by atomic mass is 16.2. The van der Waals surface area contributed by atoms with Crippen LogP contribution in [-0.2, 0) is 19.6 Å². The first-order valence-corrected chi connectivity index (χ1v) is 8.88. The zero-order valence-electron chi connectivity index (χ0n) is 14.5. The Morgan fingerprint density at radius 2 is 2.19 bits per heavy atom. The molecule has 0 radical (unpaired) electrons. The van der Waals surface area contributed by atoms with E-state index in [1.54, 1.807) is 12.5 Å². The molecule has 2 N–H and O–H groups in total. The summed E-state index contributed by atoms with van der Waals surface area (Å²) in [7, 11) is 0. The third-order valence-electron chi connectivity index (χ3n) is 4.64. The van der Waals surface area contributed by atoms with Crippen molar-refractivity contribution in [2.24, 2.45) is 0 Å². The van der Waals surface area contributed by atoms with Crippen molar-refractivity contribution in [3.63, 3.8) is 0 Å². The topological polar surface area (TPSA) is 76.8 Å². The van der Waals surface area contributed by atoms with Crippen molar-refractivity contribution in [1.82, 2.24) is 30.0 Å². The highest BCUT2D eigenvalue weighted by Gasteiger charge is 2.20. The van der Waals surface area contributed by atoms with Crippen molar-refractivity contribution in [2.45, 2.75) is 32.1 Å². The van der Waals surface area contributed by atoms with Gasteiger partial charge in [0.05, 0.1) is 24.6 Å². The van der Waals surface area contributed by atoms with E-state index in [9.17, 15) is 4.79 Å². The lowest BCUT2D eigenvalue weighted by Crippen LogP contribution is -2.30. The second-order valence-electron chi connectivity index (χ2n) is 6.45. The van der Waals surface area contributed by atoms with E-state index in [-0.39, 0.29) is 11.9 Å². The monoisotopic (exact) mass is 350 g/mol. The Balaban J connectivity index is 1.50. The molecule has 0 saturated heterocycles. The van der Waals surface area contributed by atoms with Crippen LogP contribution in [-0.4, -0.2) is 31.8 Å². The lowest BCUT2D eigenvalue weighted by Gasteiger charge is -2.19. The lowest BCUT2D eigenvalue weighted by atomic mass is 10.0. The van der Waals surface area contributed by atoms with Crippen molar-refractivity contribution in [2.75, 3.05) is 6.54 Å². The molecule has 0 bridgehead atoms. The molecule has 0 unspecified atom stereocenters. The number of amides is 1. The third kappa shape index (κ3) is 3.67. The summed E-state index contributed by atoms with van der Waals surface area (Å²) in [5.74, 6) is -0.133. The normalized spacial score (nSPS) is 14.6. The maximum Gasteiger partial charge on any atom is 0.272 e. The number of fused-ring (bicyclic) bond motifs is 1. The molecule has 0 saturated carbocycles. The number of nitrogens with one attached hydrogen (secondary N) is 2. The summed E-state index contributed by atoms with van der Waals surface area (Å²) in [5.41, 5.74) is 2.62. The Labute approximate surface area is 152 Å². The summed E-state index contributed by atoms with van der Waals surface area (Å²) in [5, 5.41) is 10.9. The smallest absolute Gasteiger partial charge is 0.272 e. The van der Waals surface area contributed by atoms with Gasteiger partial charge in [-0.05, 0) is 18.1 Å². The molecule has 4 rings (SSSR count).